The van der Waals surface area contributed by atoms with Crippen molar-refractivity contribution >= 4 is 35.2 Å². The predicted molar refractivity (Wildman–Crippen MR) is 90.2 cm³/mol. The van der Waals surface area contributed by atoms with Crippen molar-refractivity contribution < 1.29 is 14.3 Å². The molecule has 9 nitrogen and oxygen atoms in total. The van der Waals surface area contributed by atoms with Gasteiger partial charge in [-0.2, -0.15) is 0 Å². The number of thioether (sulfide) groups is 1. The van der Waals surface area contributed by atoms with Crippen LogP contribution in [0, 0.1) is 0 Å². The van der Waals surface area contributed by atoms with E-state index in [1.807, 2.05) is 0 Å². The second kappa shape index (κ2) is 8.02. The van der Waals surface area contributed by atoms with Crippen LogP contribution in [0.4, 0.5) is 11.6 Å². The average molecular weight is 348 g/mol. The maximum absolute atomic E-state index is 11.9. The average Bonchev–Trinajstić information content (AvgIpc) is 2.57. The summed E-state index contributed by atoms with van der Waals surface area (Å²) in [7, 11) is 1.53. The third-order valence-electron chi connectivity index (χ3n) is 2.75. The molecule has 1 heterocycles. The summed E-state index contributed by atoms with van der Waals surface area (Å²) in [6.07, 6.45) is 0. The highest BCUT2D eigenvalue weighted by molar-refractivity contribution is 7.99. The Bertz CT molecular complexity index is 718. The van der Waals surface area contributed by atoms with E-state index < -0.39 is 11.8 Å². The van der Waals surface area contributed by atoms with Crippen molar-refractivity contribution in [3.8, 4) is 5.75 Å². The molecule has 24 heavy (non-hydrogen) atoms. The highest BCUT2D eigenvalue weighted by Crippen LogP contribution is 2.15. The molecule has 0 unspecified atom stereocenters. The number of carbonyl (C=O) groups excluding carboxylic acids is 2. The summed E-state index contributed by atoms with van der Waals surface area (Å²) in [6, 6.07) is 7.87. The number of rotatable bonds is 5. The van der Waals surface area contributed by atoms with Gasteiger partial charge >= 0.3 is 0 Å². The number of nitrogens with two attached hydrogens (primary N) is 2. The first kappa shape index (κ1) is 17.3. The SMILES string of the molecule is COc1ccc(C(=O)NNC(=O)CSc2nc(N)cc(N)n2)cc1. The van der Waals surface area contributed by atoms with Gasteiger partial charge < -0.3 is 16.2 Å². The first-order valence-corrected chi connectivity index (χ1v) is 7.72. The number of methoxy groups -OCH3 is 1. The molecule has 2 amide bonds. The van der Waals surface area contributed by atoms with Crippen LogP contribution in [0.3, 0.4) is 0 Å². The van der Waals surface area contributed by atoms with Gasteiger partial charge in [0.2, 0.25) is 5.91 Å². The standard InChI is InChI=1S/C14H16N6O3S/c1-23-9-4-2-8(3-5-9)13(22)20-19-12(21)7-24-14-17-10(15)6-11(16)18-14/h2-6H,7H2,1H3,(H,19,21)(H,20,22)(H4,15,16,17,18). The summed E-state index contributed by atoms with van der Waals surface area (Å²) >= 11 is 1.05. The summed E-state index contributed by atoms with van der Waals surface area (Å²) in [6.45, 7) is 0. The molecule has 0 fully saturated rings. The van der Waals surface area contributed by atoms with Crippen LogP contribution in [-0.4, -0.2) is 34.6 Å². The lowest BCUT2D eigenvalue weighted by atomic mass is 10.2. The minimum atomic E-state index is -0.444. The molecule has 1 aromatic heterocycles. The van der Waals surface area contributed by atoms with E-state index in [1.165, 1.54) is 13.2 Å². The molecule has 10 heteroatoms. The molecule has 0 aliphatic carbocycles. The van der Waals surface area contributed by atoms with Gasteiger partial charge in [-0.3, -0.25) is 20.4 Å². The van der Waals surface area contributed by atoms with Crippen molar-refractivity contribution in [3.05, 3.63) is 35.9 Å². The Morgan fingerprint density at radius 2 is 1.75 bits per heavy atom. The number of aromatic nitrogens is 2. The molecular formula is C14H16N6O3S. The number of ether oxygens (including phenoxy) is 1. The maximum atomic E-state index is 11.9. The normalized spacial score (nSPS) is 10.0. The number of hydrazine groups is 1. The van der Waals surface area contributed by atoms with Crippen molar-refractivity contribution in [1.82, 2.24) is 20.8 Å². The molecule has 0 atom stereocenters. The third kappa shape index (κ3) is 5.02. The van der Waals surface area contributed by atoms with E-state index in [-0.39, 0.29) is 22.5 Å². The van der Waals surface area contributed by atoms with Crippen LogP contribution >= 0.6 is 11.8 Å². The molecule has 0 saturated carbocycles. The van der Waals surface area contributed by atoms with Gasteiger partial charge in [0, 0.05) is 11.6 Å². The Morgan fingerprint density at radius 3 is 2.33 bits per heavy atom. The van der Waals surface area contributed by atoms with Crippen LogP contribution in [0.25, 0.3) is 0 Å². The molecule has 0 radical (unpaired) electrons. The van der Waals surface area contributed by atoms with Gasteiger partial charge in [-0.15, -0.1) is 0 Å². The quantitative estimate of drug-likeness (QED) is 0.341. The molecule has 0 aliphatic rings. The molecule has 0 spiro atoms. The van der Waals surface area contributed by atoms with E-state index in [4.69, 9.17) is 16.2 Å². The Labute approximate surface area is 142 Å². The van der Waals surface area contributed by atoms with Gasteiger partial charge in [0.05, 0.1) is 12.9 Å². The number of amides is 2. The summed E-state index contributed by atoms with van der Waals surface area (Å²) < 4.78 is 5.00. The zero-order valence-electron chi connectivity index (χ0n) is 12.8. The molecule has 126 valence electrons. The second-order valence-electron chi connectivity index (χ2n) is 4.52. The molecule has 2 rings (SSSR count). The number of hydrogen-bond acceptors (Lipinski definition) is 8. The topological polar surface area (TPSA) is 145 Å². The van der Waals surface area contributed by atoms with E-state index in [1.54, 1.807) is 24.3 Å². The summed E-state index contributed by atoms with van der Waals surface area (Å²) in [5, 5.41) is 0.282. The first-order valence-electron chi connectivity index (χ1n) is 6.74. The molecule has 0 bridgehead atoms. The number of nitrogens with one attached hydrogen (secondary N) is 2. The Hall–Kier alpha value is -3.01. The van der Waals surface area contributed by atoms with E-state index in [9.17, 15) is 9.59 Å². The second-order valence-corrected chi connectivity index (χ2v) is 5.46. The van der Waals surface area contributed by atoms with Crippen LogP contribution < -0.4 is 27.1 Å². The lowest BCUT2D eigenvalue weighted by molar-refractivity contribution is -0.119. The lowest BCUT2D eigenvalue weighted by Gasteiger charge is -2.08. The molecule has 6 N–H and O–H groups in total. The number of carbonyl (C=O) groups is 2. The number of benzene rings is 1. The van der Waals surface area contributed by atoms with Crippen LogP contribution in [0.2, 0.25) is 0 Å². The highest BCUT2D eigenvalue weighted by atomic mass is 32.2. The minimum absolute atomic E-state index is 0.00815. The Kier molecular flexibility index (Phi) is 5.79. The van der Waals surface area contributed by atoms with E-state index >= 15 is 0 Å². The lowest BCUT2D eigenvalue weighted by Crippen LogP contribution is -2.42. The van der Waals surface area contributed by atoms with E-state index in [0.717, 1.165) is 11.8 Å². The summed E-state index contributed by atoms with van der Waals surface area (Å²) in [4.78, 5) is 31.5. The number of nitrogen functional groups attached to an aromatic ring is 2. The van der Waals surface area contributed by atoms with Gasteiger partial charge in [0.15, 0.2) is 5.16 Å². The third-order valence-corrected chi connectivity index (χ3v) is 3.59. The smallest absolute Gasteiger partial charge is 0.269 e. The molecular weight excluding hydrogens is 332 g/mol. The summed E-state index contributed by atoms with van der Waals surface area (Å²) in [5.74, 6) is 0.197. The van der Waals surface area contributed by atoms with Crippen LogP contribution in [0.1, 0.15) is 10.4 Å². The van der Waals surface area contributed by atoms with Crippen LogP contribution in [-0.2, 0) is 4.79 Å². The van der Waals surface area contributed by atoms with Gasteiger partial charge in [-0.1, -0.05) is 11.8 Å². The molecule has 0 aliphatic heterocycles. The van der Waals surface area contributed by atoms with Crippen molar-refractivity contribution in [2.45, 2.75) is 5.16 Å². The van der Waals surface area contributed by atoms with Crippen molar-refractivity contribution in [1.29, 1.82) is 0 Å². The monoisotopic (exact) mass is 348 g/mol. The fraction of sp³-hybridized carbons (Fsp3) is 0.143. The van der Waals surface area contributed by atoms with Crippen molar-refractivity contribution in [2.75, 3.05) is 24.3 Å². The first-order chi connectivity index (χ1) is 11.5. The van der Waals surface area contributed by atoms with Gasteiger partial charge in [-0.25, -0.2) is 9.97 Å². The number of anilines is 2. The highest BCUT2D eigenvalue weighted by Gasteiger charge is 2.09. The molecule has 1 aromatic carbocycles. The number of nitrogens with zero attached hydrogens (tertiary/aromatic N) is 2. The zero-order valence-corrected chi connectivity index (χ0v) is 13.6. The minimum Gasteiger partial charge on any atom is -0.497 e. The fourth-order valence-electron chi connectivity index (χ4n) is 1.63. The Balaban J connectivity index is 1.80. The van der Waals surface area contributed by atoms with Crippen molar-refractivity contribution in [3.63, 3.8) is 0 Å². The van der Waals surface area contributed by atoms with Crippen LogP contribution in [0.15, 0.2) is 35.5 Å². The van der Waals surface area contributed by atoms with Crippen molar-refractivity contribution in [2.24, 2.45) is 0 Å². The zero-order chi connectivity index (χ0) is 17.5. The summed E-state index contributed by atoms with van der Waals surface area (Å²) in [5.41, 5.74) is 16.1. The van der Waals surface area contributed by atoms with E-state index in [2.05, 4.69) is 20.8 Å². The molecule has 2 aromatic rings. The van der Waals surface area contributed by atoms with Gasteiger partial charge in [-0.05, 0) is 24.3 Å². The molecule has 0 saturated heterocycles. The number of hydrogen-bond donors (Lipinski definition) is 4. The van der Waals surface area contributed by atoms with Crippen LogP contribution in [0.5, 0.6) is 5.75 Å². The predicted octanol–water partition coefficient (Wildman–Crippen LogP) is 0.203. The fourth-order valence-corrected chi connectivity index (χ4v) is 2.31. The van der Waals surface area contributed by atoms with Gasteiger partial charge in [0.1, 0.15) is 17.4 Å². The largest absolute Gasteiger partial charge is 0.497 e. The Morgan fingerprint density at radius 1 is 1.12 bits per heavy atom. The maximum Gasteiger partial charge on any atom is 0.269 e. The van der Waals surface area contributed by atoms with E-state index in [0.29, 0.717) is 11.3 Å². The van der Waals surface area contributed by atoms with Gasteiger partial charge in [0.25, 0.3) is 5.91 Å².